The average molecular weight is 313 g/mol. The van der Waals surface area contributed by atoms with E-state index in [0.717, 1.165) is 12.3 Å². The third kappa shape index (κ3) is 3.01. The Bertz CT molecular complexity index is 693. The summed E-state index contributed by atoms with van der Waals surface area (Å²) >= 11 is 11.6. The number of amides is 1. The summed E-state index contributed by atoms with van der Waals surface area (Å²) in [5, 5.41) is 13.1. The molecule has 0 bridgehead atoms. The molecule has 2 aromatic heterocycles. The van der Waals surface area contributed by atoms with E-state index < -0.39 is 10.8 Å². The Morgan fingerprint density at radius 1 is 1.35 bits per heavy atom. The molecule has 0 aliphatic rings. The number of aromatic nitrogens is 2. The van der Waals surface area contributed by atoms with Gasteiger partial charge in [0, 0.05) is 12.3 Å². The van der Waals surface area contributed by atoms with Crippen molar-refractivity contribution < 1.29 is 9.72 Å². The first kappa shape index (κ1) is 14.2. The molecule has 102 valence electrons. The molecule has 1 amide bonds. The molecule has 0 fully saturated rings. The van der Waals surface area contributed by atoms with Crippen molar-refractivity contribution in [2.24, 2.45) is 0 Å². The van der Waals surface area contributed by atoms with Crippen LogP contribution in [0.3, 0.4) is 0 Å². The molecule has 2 aromatic rings. The van der Waals surface area contributed by atoms with E-state index in [1.807, 2.05) is 0 Å². The predicted molar refractivity (Wildman–Crippen MR) is 73.1 cm³/mol. The SMILES string of the molecule is O=C(Nc1ncccc1Cl)c1cc([N+](=O)[O-])cnc1Cl. The van der Waals surface area contributed by atoms with Gasteiger partial charge in [-0.2, -0.15) is 0 Å². The lowest BCUT2D eigenvalue weighted by Gasteiger charge is -2.06. The molecule has 1 N–H and O–H groups in total. The van der Waals surface area contributed by atoms with Crippen molar-refractivity contribution in [2.75, 3.05) is 5.32 Å². The summed E-state index contributed by atoms with van der Waals surface area (Å²) in [4.78, 5) is 29.5. The van der Waals surface area contributed by atoms with Crippen molar-refractivity contribution in [2.45, 2.75) is 0 Å². The lowest BCUT2D eigenvalue weighted by Crippen LogP contribution is -2.14. The van der Waals surface area contributed by atoms with Crippen molar-refractivity contribution in [1.82, 2.24) is 9.97 Å². The normalized spacial score (nSPS) is 10.1. The Hall–Kier alpha value is -2.25. The van der Waals surface area contributed by atoms with Crippen molar-refractivity contribution >= 4 is 40.6 Å². The van der Waals surface area contributed by atoms with Gasteiger partial charge in [0.05, 0.1) is 15.5 Å². The molecular formula is C11H6Cl2N4O3. The topological polar surface area (TPSA) is 98.0 Å². The van der Waals surface area contributed by atoms with E-state index in [2.05, 4.69) is 15.3 Å². The third-order valence-corrected chi connectivity index (χ3v) is 2.88. The molecule has 0 atom stereocenters. The zero-order valence-electron chi connectivity index (χ0n) is 9.71. The van der Waals surface area contributed by atoms with Crippen LogP contribution in [-0.2, 0) is 0 Å². The second-order valence-electron chi connectivity index (χ2n) is 3.58. The largest absolute Gasteiger partial charge is 0.305 e. The molecule has 7 nitrogen and oxygen atoms in total. The summed E-state index contributed by atoms with van der Waals surface area (Å²) in [5.74, 6) is -0.562. The van der Waals surface area contributed by atoms with E-state index in [-0.39, 0.29) is 27.2 Å². The standard InChI is InChI=1S/C11H6Cl2N4O3/c12-8-2-1-3-14-10(8)16-11(18)7-4-6(17(19)20)5-15-9(7)13/h1-5H,(H,14,16,18). The van der Waals surface area contributed by atoms with Gasteiger partial charge in [0.15, 0.2) is 5.82 Å². The van der Waals surface area contributed by atoms with Crippen molar-refractivity contribution in [1.29, 1.82) is 0 Å². The first-order valence-electron chi connectivity index (χ1n) is 5.21. The molecule has 0 radical (unpaired) electrons. The lowest BCUT2D eigenvalue weighted by atomic mass is 10.2. The van der Waals surface area contributed by atoms with E-state index in [1.165, 1.54) is 12.3 Å². The van der Waals surface area contributed by atoms with Gasteiger partial charge in [-0.25, -0.2) is 9.97 Å². The molecule has 0 aliphatic carbocycles. The Labute approximate surface area is 122 Å². The van der Waals surface area contributed by atoms with Crippen LogP contribution in [0.15, 0.2) is 30.6 Å². The average Bonchev–Trinajstić information content (AvgIpc) is 2.41. The Morgan fingerprint density at radius 3 is 2.75 bits per heavy atom. The number of carbonyl (C=O) groups is 1. The number of anilines is 1. The summed E-state index contributed by atoms with van der Waals surface area (Å²) in [6.07, 6.45) is 2.40. The minimum atomic E-state index is -0.688. The lowest BCUT2D eigenvalue weighted by molar-refractivity contribution is -0.385. The molecule has 0 saturated heterocycles. The van der Waals surface area contributed by atoms with Gasteiger partial charge < -0.3 is 5.32 Å². The number of carbonyl (C=O) groups excluding carboxylic acids is 1. The number of nitro groups is 1. The summed E-state index contributed by atoms with van der Waals surface area (Å²) in [6, 6.07) is 4.17. The van der Waals surface area contributed by atoms with Crippen LogP contribution in [0.4, 0.5) is 11.5 Å². The van der Waals surface area contributed by atoms with Crippen molar-refractivity contribution in [3.05, 3.63) is 56.4 Å². The van der Waals surface area contributed by atoms with Crippen LogP contribution in [0.25, 0.3) is 0 Å². The summed E-state index contributed by atoms with van der Waals surface area (Å²) in [6.45, 7) is 0. The van der Waals surface area contributed by atoms with Gasteiger partial charge in [-0.3, -0.25) is 14.9 Å². The maximum Gasteiger partial charge on any atom is 0.288 e. The Kier molecular flexibility index (Phi) is 4.11. The van der Waals surface area contributed by atoms with Crippen LogP contribution in [0.1, 0.15) is 10.4 Å². The molecule has 0 unspecified atom stereocenters. The number of pyridine rings is 2. The van der Waals surface area contributed by atoms with Gasteiger partial charge in [0.2, 0.25) is 0 Å². The number of hydrogen-bond donors (Lipinski definition) is 1. The number of halogens is 2. The fourth-order valence-electron chi connectivity index (χ4n) is 1.35. The highest BCUT2D eigenvalue weighted by atomic mass is 35.5. The Morgan fingerprint density at radius 2 is 2.10 bits per heavy atom. The van der Waals surface area contributed by atoms with Crippen LogP contribution in [0.5, 0.6) is 0 Å². The minimum absolute atomic E-state index is 0.127. The van der Waals surface area contributed by atoms with E-state index >= 15 is 0 Å². The monoisotopic (exact) mass is 312 g/mol. The summed E-state index contributed by atoms with van der Waals surface area (Å²) < 4.78 is 0. The second kappa shape index (κ2) is 5.81. The number of hydrogen-bond acceptors (Lipinski definition) is 5. The molecular weight excluding hydrogens is 307 g/mol. The zero-order chi connectivity index (χ0) is 14.7. The molecule has 0 aliphatic heterocycles. The van der Waals surface area contributed by atoms with E-state index in [4.69, 9.17) is 23.2 Å². The van der Waals surface area contributed by atoms with Gasteiger partial charge in [-0.1, -0.05) is 23.2 Å². The number of nitrogens with zero attached hydrogens (tertiary/aromatic N) is 3. The third-order valence-electron chi connectivity index (χ3n) is 2.27. The first-order valence-corrected chi connectivity index (χ1v) is 5.96. The van der Waals surface area contributed by atoms with Crippen LogP contribution < -0.4 is 5.32 Å². The molecule has 2 rings (SSSR count). The van der Waals surface area contributed by atoms with Crippen LogP contribution in [0, 0.1) is 10.1 Å². The summed E-state index contributed by atoms with van der Waals surface area (Å²) in [7, 11) is 0. The van der Waals surface area contributed by atoms with E-state index in [9.17, 15) is 14.9 Å². The molecule has 0 aromatic carbocycles. The van der Waals surface area contributed by atoms with Crippen LogP contribution in [-0.4, -0.2) is 20.8 Å². The molecule has 20 heavy (non-hydrogen) atoms. The van der Waals surface area contributed by atoms with Gasteiger partial charge in [-0.15, -0.1) is 0 Å². The van der Waals surface area contributed by atoms with Gasteiger partial charge in [0.25, 0.3) is 11.6 Å². The second-order valence-corrected chi connectivity index (χ2v) is 4.34. The fraction of sp³-hybridized carbons (Fsp3) is 0. The molecule has 9 heteroatoms. The van der Waals surface area contributed by atoms with Crippen molar-refractivity contribution in [3.63, 3.8) is 0 Å². The highest BCUT2D eigenvalue weighted by molar-refractivity contribution is 6.35. The minimum Gasteiger partial charge on any atom is -0.305 e. The predicted octanol–water partition coefficient (Wildman–Crippen LogP) is 2.94. The molecule has 0 spiro atoms. The maximum absolute atomic E-state index is 12.0. The van der Waals surface area contributed by atoms with Gasteiger partial charge in [0.1, 0.15) is 11.3 Å². The maximum atomic E-state index is 12.0. The number of nitrogens with one attached hydrogen (secondary N) is 1. The van der Waals surface area contributed by atoms with Crippen molar-refractivity contribution in [3.8, 4) is 0 Å². The van der Waals surface area contributed by atoms with Gasteiger partial charge >= 0.3 is 0 Å². The molecule has 0 saturated carbocycles. The van der Waals surface area contributed by atoms with E-state index in [1.54, 1.807) is 6.07 Å². The summed E-state index contributed by atoms with van der Waals surface area (Å²) in [5.41, 5.74) is -0.478. The van der Waals surface area contributed by atoms with Gasteiger partial charge in [-0.05, 0) is 12.1 Å². The van der Waals surface area contributed by atoms with Crippen LogP contribution in [0.2, 0.25) is 10.2 Å². The van der Waals surface area contributed by atoms with E-state index in [0.29, 0.717) is 0 Å². The first-order chi connectivity index (χ1) is 9.49. The van der Waals surface area contributed by atoms with Crippen LogP contribution >= 0.6 is 23.2 Å². The highest BCUT2D eigenvalue weighted by Gasteiger charge is 2.18. The highest BCUT2D eigenvalue weighted by Crippen LogP contribution is 2.22. The molecule has 2 heterocycles. The number of rotatable bonds is 3. The fourth-order valence-corrected chi connectivity index (χ4v) is 1.71. The smallest absolute Gasteiger partial charge is 0.288 e. The zero-order valence-corrected chi connectivity index (χ0v) is 11.2. The Balaban J connectivity index is 2.32. The quantitative estimate of drug-likeness (QED) is 0.533.